The van der Waals surface area contributed by atoms with Gasteiger partial charge in [0.15, 0.2) is 0 Å². The van der Waals surface area contributed by atoms with Gasteiger partial charge in [-0.1, -0.05) is 6.92 Å². The minimum Gasteiger partial charge on any atom is -0.496 e. The van der Waals surface area contributed by atoms with Crippen molar-refractivity contribution in [1.82, 2.24) is 4.90 Å². The molecule has 1 aliphatic rings. The average Bonchev–Trinajstić information content (AvgIpc) is 2.86. The molecule has 1 aromatic carbocycles. The quantitative estimate of drug-likeness (QED) is 0.897. The van der Waals surface area contributed by atoms with Crippen molar-refractivity contribution in [3.8, 4) is 11.5 Å². The average molecular weight is 278 g/mol. The number of rotatable bonds is 5. The van der Waals surface area contributed by atoms with Crippen molar-refractivity contribution in [3.63, 3.8) is 0 Å². The van der Waals surface area contributed by atoms with E-state index in [4.69, 9.17) is 15.2 Å². The molecular formula is C16H26N2O2. The van der Waals surface area contributed by atoms with Crippen LogP contribution < -0.4 is 15.2 Å². The van der Waals surface area contributed by atoms with E-state index in [0.29, 0.717) is 12.0 Å². The third kappa shape index (κ3) is 2.76. The van der Waals surface area contributed by atoms with Crippen LogP contribution in [0.3, 0.4) is 0 Å². The zero-order valence-corrected chi connectivity index (χ0v) is 13.0. The second kappa shape index (κ2) is 6.46. The number of benzene rings is 1. The monoisotopic (exact) mass is 278 g/mol. The molecule has 0 amide bonds. The van der Waals surface area contributed by atoms with Gasteiger partial charge in [0.2, 0.25) is 0 Å². The van der Waals surface area contributed by atoms with Gasteiger partial charge >= 0.3 is 0 Å². The normalized spacial score (nSPS) is 23.1. The molecule has 0 aromatic heterocycles. The van der Waals surface area contributed by atoms with Crippen molar-refractivity contribution in [2.45, 2.75) is 25.8 Å². The lowest BCUT2D eigenvalue weighted by Gasteiger charge is -2.23. The van der Waals surface area contributed by atoms with Crippen LogP contribution in [0.1, 0.15) is 30.5 Å². The molecule has 2 N–H and O–H groups in total. The first-order chi connectivity index (χ1) is 9.64. The molecule has 0 spiro atoms. The second-order valence-electron chi connectivity index (χ2n) is 5.55. The third-order valence-corrected chi connectivity index (χ3v) is 4.34. The van der Waals surface area contributed by atoms with Crippen LogP contribution in [0.5, 0.6) is 11.5 Å². The van der Waals surface area contributed by atoms with E-state index in [-0.39, 0.29) is 0 Å². The molecule has 1 fully saturated rings. The van der Waals surface area contributed by atoms with Gasteiger partial charge in [0.05, 0.1) is 14.2 Å². The van der Waals surface area contributed by atoms with Crippen molar-refractivity contribution in [2.75, 3.05) is 34.4 Å². The van der Waals surface area contributed by atoms with Crippen molar-refractivity contribution in [2.24, 2.45) is 11.7 Å². The first-order valence-corrected chi connectivity index (χ1v) is 7.29. The summed E-state index contributed by atoms with van der Waals surface area (Å²) in [6.07, 6.45) is 2.05. The summed E-state index contributed by atoms with van der Waals surface area (Å²) in [4.78, 5) is 2.38. The van der Waals surface area contributed by atoms with Gasteiger partial charge in [-0.05, 0) is 44.0 Å². The summed E-state index contributed by atoms with van der Waals surface area (Å²) in [5.41, 5.74) is 8.31. The number of nitrogens with two attached hydrogens (primary N) is 1. The molecule has 0 radical (unpaired) electrons. The van der Waals surface area contributed by atoms with Crippen LogP contribution in [0.15, 0.2) is 12.1 Å². The van der Waals surface area contributed by atoms with Crippen molar-refractivity contribution >= 4 is 0 Å². The lowest BCUT2D eigenvalue weighted by molar-refractivity contribution is 0.301. The van der Waals surface area contributed by atoms with E-state index in [1.165, 1.54) is 11.1 Å². The highest BCUT2D eigenvalue weighted by Gasteiger charge is 2.32. The molecule has 2 unspecified atom stereocenters. The highest BCUT2D eigenvalue weighted by atomic mass is 16.5. The number of hydrogen-bond donors (Lipinski definition) is 1. The first kappa shape index (κ1) is 15.1. The predicted molar refractivity (Wildman–Crippen MR) is 81.5 cm³/mol. The van der Waals surface area contributed by atoms with E-state index >= 15 is 0 Å². The smallest absolute Gasteiger partial charge is 0.127 e. The molecule has 0 bridgehead atoms. The molecule has 2 atom stereocenters. The fourth-order valence-electron chi connectivity index (χ4n) is 3.17. The summed E-state index contributed by atoms with van der Waals surface area (Å²) in [6.45, 7) is 3.95. The Bertz CT molecular complexity index is 462. The molecule has 112 valence electrons. The van der Waals surface area contributed by atoms with Gasteiger partial charge in [0.1, 0.15) is 11.5 Å². The number of aryl methyl sites for hydroxylation is 1. The Morgan fingerprint density at radius 3 is 2.45 bits per heavy atom. The first-order valence-electron chi connectivity index (χ1n) is 7.29. The molecule has 20 heavy (non-hydrogen) atoms. The molecule has 1 heterocycles. The highest BCUT2D eigenvalue weighted by molar-refractivity contribution is 5.48. The summed E-state index contributed by atoms with van der Waals surface area (Å²) in [7, 11) is 5.59. The highest BCUT2D eigenvalue weighted by Crippen LogP contribution is 2.41. The van der Waals surface area contributed by atoms with Gasteiger partial charge in [-0.15, -0.1) is 0 Å². The number of ether oxygens (including phenoxy) is 2. The zero-order chi connectivity index (χ0) is 14.7. The summed E-state index contributed by atoms with van der Waals surface area (Å²) in [5, 5.41) is 0. The topological polar surface area (TPSA) is 47.7 Å². The summed E-state index contributed by atoms with van der Waals surface area (Å²) in [5.74, 6) is 2.39. The van der Waals surface area contributed by atoms with E-state index in [1.54, 1.807) is 14.2 Å². The Balaban J connectivity index is 2.39. The SMILES string of the molecule is CCc1cc(C2CC(CN)CN2C)c(OC)cc1OC. The van der Waals surface area contributed by atoms with E-state index < -0.39 is 0 Å². The predicted octanol–water partition coefficient (Wildman–Crippen LogP) is 2.22. The maximum absolute atomic E-state index is 5.83. The maximum atomic E-state index is 5.83. The van der Waals surface area contributed by atoms with Crippen molar-refractivity contribution in [1.29, 1.82) is 0 Å². The lowest BCUT2D eigenvalue weighted by Crippen LogP contribution is -2.21. The van der Waals surface area contributed by atoms with Crippen LogP contribution >= 0.6 is 0 Å². The van der Waals surface area contributed by atoms with Crippen molar-refractivity contribution < 1.29 is 9.47 Å². The maximum Gasteiger partial charge on any atom is 0.127 e. The van der Waals surface area contributed by atoms with Crippen LogP contribution in [0.25, 0.3) is 0 Å². The van der Waals surface area contributed by atoms with E-state index in [0.717, 1.165) is 37.4 Å². The Kier molecular flexibility index (Phi) is 4.89. The number of nitrogens with zero attached hydrogens (tertiary/aromatic N) is 1. The van der Waals surface area contributed by atoms with Gasteiger partial charge in [-0.2, -0.15) is 0 Å². The molecule has 1 aromatic rings. The van der Waals surface area contributed by atoms with Crippen LogP contribution in [-0.4, -0.2) is 39.3 Å². The minimum atomic E-state index is 0.384. The fourth-order valence-corrected chi connectivity index (χ4v) is 3.17. The Labute approximate surface area is 121 Å². The molecular weight excluding hydrogens is 252 g/mol. The van der Waals surface area contributed by atoms with E-state index in [9.17, 15) is 0 Å². The van der Waals surface area contributed by atoms with Gasteiger partial charge in [0.25, 0.3) is 0 Å². The Morgan fingerprint density at radius 2 is 1.95 bits per heavy atom. The van der Waals surface area contributed by atoms with Crippen LogP contribution in [0.4, 0.5) is 0 Å². The molecule has 2 rings (SSSR count). The zero-order valence-electron chi connectivity index (χ0n) is 13.0. The molecule has 4 heteroatoms. The number of methoxy groups -OCH3 is 2. The Hall–Kier alpha value is -1.26. The van der Waals surface area contributed by atoms with Gasteiger partial charge in [0, 0.05) is 24.2 Å². The summed E-state index contributed by atoms with van der Waals surface area (Å²) in [6, 6.07) is 4.63. The molecule has 4 nitrogen and oxygen atoms in total. The minimum absolute atomic E-state index is 0.384. The van der Waals surface area contributed by atoms with Gasteiger partial charge < -0.3 is 15.2 Å². The standard InChI is InChI=1S/C16H26N2O2/c1-5-12-7-13(16(20-4)8-15(12)19-3)14-6-11(9-17)10-18(14)2/h7-8,11,14H,5-6,9-10,17H2,1-4H3. The summed E-state index contributed by atoms with van der Waals surface area (Å²) >= 11 is 0. The third-order valence-electron chi connectivity index (χ3n) is 4.34. The fraction of sp³-hybridized carbons (Fsp3) is 0.625. The number of likely N-dealkylation sites (tertiary alicyclic amines) is 1. The number of hydrogen-bond acceptors (Lipinski definition) is 4. The van der Waals surface area contributed by atoms with E-state index in [2.05, 4.69) is 24.9 Å². The van der Waals surface area contributed by atoms with Gasteiger partial charge in [-0.25, -0.2) is 0 Å². The lowest BCUT2D eigenvalue weighted by atomic mass is 9.96. The van der Waals surface area contributed by atoms with Crippen LogP contribution in [0.2, 0.25) is 0 Å². The van der Waals surface area contributed by atoms with Crippen LogP contribution in [0, 0.1) is 5.92 Å². The summed E-state index contributed by atoms with van der Waals surface area (Å²) < 4.78 is 11.0. The Morgan fingerprint density at radius 1 is 1.25 bits per heavy atom. The van der Waals surface area contributed by atoms with Crippen molar-refractivity contribution in [3.05, 3.63) is 23.3 Å². The van der Waals surface area contributed by atoms with E-state index in [1.807, 2.05) is 6.07 Å². The molecule has 1 saturated heterocycles. The van der Waals surface area contributed by atoms with Crippen LogP contribution in [-0.2, 0) is 6.42 Å². The molecule has 0 aliphatic carbocycles. The molecule has 0 saturated carbocycles. The largest absolute Gasteiger partial charge is 0.496 e. The second-order valence-corrected chi connectivity index (χ2v) is 5.55. The molecule has 1 aliphatic heterocycles. The van der Waals surface area contributed by atoms with Gasteiger partial charge in [-0.3, -0.25) is 4.90 Å².